The maximum Gasteiger partial charge on any atom is 0.196 e. The molecule has 0 aromatic heterocycles. The number of nitrogens with one attached hydrogen (secondary N) is 1. The van der Waals surface area contributed by atoms with E-state index < -0.39 is 0 Å². The molecule has 0 aliphatic carbocycles. The molecule has 24 heavy (non-hydrogen) atoms. The van der Waals surface area contributed by atoms with Gasteiger partial charge < -0.3 is 16.0 Å². The fraction of sp³-hybridized carbons (Fsp3) is 0.167. The van der Waals surface area contributed by atoms with Crippen LogP contribution in [0.15, 0.2) is 70.7 Å². The monoisotopic (exact) mass is 343 g/mol. The fourth-order valence-corrected chi connectivity index (χ4v) is 2.37. The van der Waals surface area contributed by atoms with Gasteiger partial charge in [0.1, 0.15) is 5.17 Å². The van der Waals surface area contributed by atoms with Gasteiger partial charge in [-0.1, -0.05) is 54.6 Å². The van der Waals surface area contributed by atoms with Crippen LogP contribution in [0.5, 0.6) is 0 Å². The van der Waals surface area contributed by atoms with Gasteiger partial charge in [-0.3, -0.25) is 0 Å². The number of halogens is 1. The van der Waals surface area contributed by atoms with Gasteiger partial charge in [0.05, 0.1) is 24.5 Å². The van der Waals surface area contributed by atoms with Crippen molar-refractivity contribution in [2.45, 2.75) is 6.92 Å². The molecule has 3 N–H and O–H groups in total. The number of rotatable bonds is 4. The van der Waals surface area contributed by atoms with E-state index in [2.05, 4.69) is 23.3 Å². The van der Waals surface area contributed by atoms with Crippen LogP contribution in [0.25, 0.3) is 0 Å². The van der Waals surface area contributed by atoms with Gasteiger partial charge in [0.2, 0.25) is 0 Å². The third-order valence-electron chi connectivity index (χ3n) is 3.12. The number of guanidine groups is 1. The lowest BCUT2D eigenvalue weighted by molar-refractivity contribution is 1.08. The molecule has 0 fully saturated rings. The van der Waals surface area contributed by atoms with Gasteiger partial charge in [-0.2, -0.15) is 0 Å². The summed E-state index contributed by atoms with van der Waals surface area (Å²) in [5.41, 5.74) is 8.89. The smallest absolute Gasteiger partial charge is 0.196 e. The number of fused-ring (bicyclic) bond motifs is 1. The fourth-order valence-electron chi connectivity index (χ4n) is 2.16. The summed E-state index contributed by atoms with van der Waals surface area (Å²) in [5, 5.41) is 5.99. The molecule has 1 aromatic carbocycles. The predicted octanol–water partition coefficient (Wildman–Crippen LogP) is 4.04. The molecule has 0 amide bonds. The summed E-state index contributed by atoms with van der Waals surface area (Å²) in [6.07, 6.45) is 7.59. The summed E-state index contributed by atoms with van der Waals surface area (Å²) in [5.74, 6) is 0.417. The molecule has 1 aliphatic rings. The maximum absolute atomic E-state index is 6.15. The zero-order valence-electron chi connectivity index (χ0n) is 13.7. The number of nitrogens with zero attached hydrogens (tertiary/aromatic N) is 3. The molecule has 1 aliphatic heterocycles. The Kier molecular flexibility index (Phi) is 8.22. The van der Waals surface area contributed by atoms with Gasteiger partial charge in [-0.25, -0.2) is 9.98 Å². The first-order valence-electron chi connectivity index (χ1n) is 7.35. The van der Waals surface area contributed by atoms with E-state index in [1.807, 2.05) is 54.3 Å². The van der Waals surface area contributed by atoms with Crippen molar-refractivity contribution in [2.75, 3.05) is 18.0 Å². The molecule has 126 valence electrons. The normalized spacial score (nSPS) is 14.6. The third kappa shape index (κ3) is 5.21. The number of benzene rings is 1. The minimum absolute atomic E-state index is 0.417. The highest BCUT2D eigenvalue weighted by atomic mass is 35.5. The number of anilines is 1. The lowest BCUT2D eigenvalue weighted by Crippen LogP contribution is -2.41. The molecular weight excluding hydrogens is 322 g/mol. The van der Waals surface area contributed by atoms with Crippen LogP contribution in [0.2, 0.25) is 0 Å². The van der Waals surface area contributed by atoms with Crippen LogP contribution in [0.1, 0.15) is 6.92 Å². The third-order valence-corrected chi connectivity index (χ3v) is 3.32. The molecule has 6 heteroatoms. The summed E-state index contributed by atoms with van der Waals surface area (Å²) >= 11 is 6.11. The number of nitrogens with two attached hydrogens (primary N) is 1. The summed E-state index contributed by atoms with van der Waals surface area (Å²) in [7, 11) is 0. The quantitative estimate of drug-likeness (QED) is 0.491. The van der Waals surface area contributed by atoms with Gasteiger partial charge in [0.15, 0.2) is 5.96 Å². The van der Waals surface area contributed by atoms with Crippen LogP contribution < -0.4 is 10.6 Å². The van der Waals surface area contributed by atoms with E-state index in [0.717, 1.165) is 16.9 Å². The van der Waals surface area contributed by atoms with Crippen LogP contribution in [0.3, 0.4) is 0 Å². The zero-order chi connectivity index (χ0) is 17.9. The summed E-state index contributed by atoms with van der Waals surface area (Å²) in [6.45, 7) is 9.08. The minimum atomic E-state index is 0.417. The van der Waals surface area contributed by atoms with Crippen molar-refractivity contribution in [1.82, 2.24) is 0 Å². The van der Waals surface area contributed by atoms with Crippen LogP contribution in [-0.2, 0) is 0 Å². The first kappa shape index (κ1) is 19.4. The van der Waals surface area contributed by atoms with E-state index in [9.17, 15) is 0 Å². The highest BCUT2D eigenvalue weighted by Crippen LogP contribution is 2.32. The predicted molar refractivity (Wildman–Crippen MR) is 106 cm³/mol. The maximum atomic E-state index is 6.15. The van der Waals surface area contributed by atoms with Crippen LogP contribution in [0.4, 0.5) is 11.4 Å². The Morgan fingerprint density at radius 1 is 1.46 bits per heavy atom. The molecule has 1 aromatic rings. The van der Waals surface area contributed by atoms with Crippen molar-refractivity contribution in [1.29, 1.82) is 5.41 Å². The van der Waals surface area contributed by atoms with E-state index >= 15 is 0 Å². The highest BCUT2D eigenvalue weighted by molar-refractivity contribution is 6.67. The SMILES string of the molecule is C=C/C=C(\C=C/C)CN=C(N)N1CC(Cl)=Nc2ccccc21.C=N. The van der Waals surface area contributed by atoms with Gasteiger partial charge in [0.25, 0.3) is 0 Å². The average molecular weight is 344 g/mol. The molecule has 2 rings (SSSR count). The molecule has 0 saturated heterocycles. The second-order valence-electron chi connectivity index (χ2n) is 4.71. The van der Waals surface area contributed by atoms with Gasteiger partial charge >= 0.3 is 0 Å². The largest absolute Gasteiger partial charge is 0.369 e. The Hall–Kier alpha value is -2.66. The van der Waals surface area contributed by atoms with Crippen LogP contribution in [-0.4, -0.2) is 30.9 Å². The zero-order valence-corrected chi connectivity index (χ0v) is 14.5. The first-order valence-corrected chi connectivity index (χ1v) is 7.72. The second-order valence-corrected chi connectivity index (χ2v) is 5.15. The molecule has 5 nitrogen and oxygen atoms in total. The average Bonchev–Trinajstić information content (AvgIpc) is 2.60. The molecule has 0 radical (unpaired) electrons. The lowest BCUT2D eigenvalue weighted by Gasteiger charge is -2.27. The van der Waals surface area contributed by atoms with Crippen molar-refractivity contribution in [3.8, 4) is 0 Å². The van der Waals surface area contributed by atoms with Crippen LogP contribution >= 0.6 is 11.6 Å². The van der Waals surface area contributed by atoms with E-state index in [4.69, 9.17) is 22.7 Å². The van der Waals surface area contributed by atoms with E-state index in [1.165, 1.54) is 0 Å². The van der Waals surface area contributed by atoms with Crippen molar-refractivity contribution >= 4 is 40.8 Å². The molecule has 0 bridgehead atoms. The van der Waals surface area contributed by atoms with Crippen molar-refractivity contribution in [3.05, 3.63) is 60.7 Å². The highest BCUT2D eigenvalue weighted by Gasteiger charge is 2.20. The summed E-state index contributed by atoms with van der Waals surface area (Å²) in [4.78, 5) is 10.7. The molecule has 0 atom stereocenters. The molecule has 1 heterocycles. The Labute approximate surface area is 148 Å². The summed E-state index contributed by atoms with van der Waals surface area (Å²) in [6, 6.07) is 7.72. The number of hydrogen-bond acceptors (Lipinski definition) is 3. The van der Waals surface area contributed by atoms with Gasteiger partial charge in [-0.05, 0) is 31.3 Å². The van der Waals surface area contributed by atoms with E-state index in [1.54, 1.807) is 6.08 Å². The standard InChI is InChI=1S/C17H19ClN4.CH3N/c1-3-7-13(8-4-2)11-20-17(19)22-12-16(18)21-14-9-5-6-10-15(14)22;1-2/h3-10H,1,11-12H2,2H3,(H2,19,20);2H,1H2/b8-4-,13-7+;. The minimum Gasteiger partial charge on any atom is -0.369 e. The van der Waals surface area contributed by atoms with Crippen LogP contribution in [0, 0.1) is 5.41 Å². The van der Waals surface area contributed by atoms with Crippen molar-refractivity contribution in [2.24, 2.45) is 15.7 Å². The topological polar surface area (TPSA) is 77.8 Å². The van der Waals surface area contributed by atoms with Crippen molar-refractivity contribution < 1.29 is 0 Å². The first-order chi connectivity index (χ1) is 11.7. The number of para-hydroxylation sites is 2. The number of allylic oxidation sites excluding steroid dienone is 3. The number of hydrogen-bond donors (Lipinski definition) is 2. The van der Waals surface area contributed by atoms with Crippen molar-refractivity contribution in [3.63, 3.8) is 0 Å². The Bertz CT molecular complexity index is 688. The van der Waals surface area contributed by atoms with E-state index in [0.29, 0.717) is 24.2 Å². The Balaban J connectivity index is 0.00000139. The Morgan fingerprint density at radius 2 is 2.17 bits per heavy atom. The van der Waals surface area contributed by atoms with E-state index in [-0.39, 0.29) is 0 Å². The molecular formula is C18H22ClN5. The van der Waals surface area contributed by atoms with Gasteiger partial charge in [-0.15, -0.1) is 0 Å². The molecule has 0 spiro atoms. The Morgan fingerprint density at radius 3 is 2.83 bits per heavy atom. The molecule has 0 unspecified atom stereocenters. The molecule has 0 saturated carbocycles. The lowest BCUT2D eigenvalue weighted by atomic mass is 10.2. The van der Waals surface area contributed by atoms with Gasteiger partial charge in [0, 0.05) is 0 Å². The number of aliphatic imine (C=N–C) groups is 2. The summed E-state index contributed by atoms with van der Waals surface area (Å²) < 4.78 is 0. The second kappa shape index (κ2) is 10.2.